The van der Waals surface area contributed by atoms with E-state index in [1.54, 1.807) is 49.4 Å². The predicted molar refractivity (Wildman–Crippen MR) is 126 cm³/mol. The van der Waals surface area contributed by atoms with E-state index < -0.39 is 18.2 Å². The van der Waals surface area contributed by atoms with Crippen LogP contribution in [0, 0.1) is 27.7 Å². The largest absolute Gasteiger partial charge is 0.496 e. The molecule has 1 atom stereocenters. The number of benzene rings is 3. The minimum atomic E-state index is -4.41. The monoisotopic (exact) mass is 454 g/mol. The van der Waals surface area contributed by atoms with Crippen LogP contribution in [0.25, 0.3) is 0 Å². The third kappa shape index (κ3) is 3.86. The lowest BCUT2D eigenvalue weighted by molar-refractivity contribution is 0.104. The zero-order valence-corrected chi connectivity index (χ0v) is 19.8. The molecule has 6 heteroatoms. The van der Waals surface area contributed by atoms with Crippen LogP contribution < -0.4 is 10.0 Å². The number of carbonyl (C=O) groups is 2. The van der Waals surface area contributed by atoms with Crippen molar-refractivity contribution in [2.45, 2.75) is 27.7 Å². The van der Waals surface area contributed by atoms with Gasteiger partial charge in [-0.3, -0.25) is 9.59 Å². The number of methoxy groups -OCH3 is 1. The molecule has 0 N–H and O–H groups in total. The Bertz CT molecular complexity index is 1230. The first-order valence-electron chi connectivity index (χ1n) is 9.80. The van der Waals surface area contributed by atoms with E-state index in [1.165, 1.54) is 13.2 Å². The second-order valence-electron chi connectivity index (χ2n) is 7.51. The van der Waals surface area contributed by atoms with Gasteiger partial charge in [-0.15, -0.1) is 0 Å². The van der Waals surface area contributed by atoms with Gasteiger partial charge < -0.3 is 9.30 Å². The molecule has 0 aromatic heterocycles. The Morgan fingerprint density at radius 2 is 1.48 bits per heavy atom. The molecule has 0 bridgehead atoms. The van der Waals surface area contributed by atoms with E-state index in [1.807, 2.05) is 26.8 Å². The number of carbonyl (C=O) groups excluding carboxylic acids is 2. The molecule has 3 aromatic rings. The van der Waals surface area contributed by atoms with Gasteiger partial charge in [0.05, 0.1) is 17.4 Å². The highest BCUT2D eigenvalue weighted by molar-refractivity contribution is 8.01. The van der Waals surface area contributed by atoms with E-state index in [0.29, 0.717) is 11.1 Å². The number of hydrogen-bond donors (Lipinski definition) is 0. The lowest BCUT2D eigenvalue weighted by atomic mass is 9.95. The number of ether oxygens (including phenoxy) is 1. The standard InChI is InChI=1S/C25H24ClO4P/c1-15-14-16(2)22(18(4)17(15)3)25(28)31(29,24(27)19-10-7-6-8-11-19)23-20(26)12-9-13-21(23)30-5/h6-14H,1-5H3. The maximum absolute atomic E-state index is 14.7. The lowest BCUT2D eigenvalue weighted by Gasteiger charge is -2.22. The number of aryl methyl sites for hydroxylation is 2. The van der Waals surface area contributed by atoms with Crippen LogP contribution in [-0.2, 0) is 4.57 Å². The van der Waals surface area contributed by atoms with Crippen molar-refractivity contribution in [3.63, 3.8) is 0 Å². The van der Waals surface area contributed by atoms with Crippen molar-refractivity contribution in [3.05, 3.63) is 93.0 Å². The number of rotatable bonds is 6. The summed E-state index contributed by atoms with van der Waals surface area (Å²) in [7, 11) is -3.02. The van der Waals surface area contributed by atoms with Crippen LogP contribution in [0.3, 0.4) is 0 Å². The van der Waals surface area contributed by atoms with Crippen LogP contribution in [0.15, 0.2) is 54.6 Å². The number of halogens is 1. The van der Waals surface area contributed by atoms with Gasteiger partial charge in [-0.2, -0.15) is 0 Å². The van der Waals surface area contributed by atoms with Gasteiger partial charge in [0.2, 0.25) is 11.0 Å². The highest BCUT2D eigenvalue weighted by atomic mass is 35.5. The Kier molecular flexibility index (Phi) is 6.54. The van der Waals surface area contributed by atoms with Crippen molar-refractivity contribution in [1.82, 2.24) is 0 Å². The first-order chi connectivity index (χ1) is 14.6. The number of hydrogen-bond acceptors (Lipinski definition) is 4. The highest BCUT2D eigenvalue weighted by Gasteiger charge is 2.47. The normalized spacial score (nSPS) is 12.8. The second kappa shape index (κ2) is 8.82. The smallest absolute Gasteiger partial charge is 0.253 e. The third-order valence-electron chi connectivity index (χ3n) is 5.65. The summed E-state index contributed by atoms with van der Waals surface area (Å²) in [4.78, 5) is 27.7. The quantitative estimate of drug-likeness (QED) is 0.413. The molecule has 3 rings (SSSR count). The molecule has 0 radical (unpaired) electrons. The summed E-state index contributed by atoms with van der Waals surface area (Å²) in [5, 5.41) is -0.00509. The fourth-order valence-corrected chi connectivity index (χ4v) is 6.93. The molecule has 0 aliphatic heterocycles. The SMILES string of the molecule is COc1cccc(Cl)c1P(=O)(C(=O)c1ccccc1)C(=O)c1c(C)cc(C)c(C)c1C. The molecule has 0 amide bonds. The Balaban J connectivity index is 2.39. The summed E-state index contributed by atoms with van der Waals surface area (Å²) in [6, 6.07) is 14.7. The van der Waals surface area contributed by atoms with E-state index >= 15 is 0 Å². The molecule has 0 aliphatic carbocycles. The van der Waals surface area contributed by atoms with E-state index in [4.69, 9.17) is 16.3 Å². The average Bonchev–Trinajstić information content (AvgIpc) is 2.76. The van der Waals surface area contributed by atoms with Gasteiger partial charge in [0.15, 0.2) is 0 Å². The van der Waals surface area contributed by atoms with E-state index in [9.17, 15) is 14.2 Å². The van der Waals surface area contributed by atoms with E-state index in [-0.39, 0.29) is 27.2 Å². The minimum Gasteiger partial charge on any atom is -0.496 e. The maximum atomic E-state index is 14.7. The van der Waals surface area contributed by atoms with Gasteiger partial charge in [-0.25, -0.2) is 0 Å². The minimum absolute atomic E-state index is 0.0551. The van der Waals surface area contributed by atoms with Gasteiger partial charge in [0.1, 0.15) is 5.75 Å². The summed E-state index contributed by atoms with van der Waals surface area (Å²) in [5.41, 5.74) is 2.28. The fourth-order valence-electron chi connectivity index (χ4n) is 3.79. The van der Waals surface area contributed by atoms with Crippen molar-refractivity contribution in [2.24, 2.45) is 0 Å². The van der Waals surface area contributed by atoms with Crippen LogP contribution in [-0.4, -0.2) is 18.2 Å². The van der Waals surface area contributed by atoms with Gasteiger partial charge in [-0.05, 0) is 62.1 Å². The van der Waals surface area contributed by atoms with Crippen molar-refractivity contribution in [2.75, 3.05) is 7.11 Å². The van der Waals surface area contributed by atoms with Crippen LogP contribution >= 0.6 is 18.7 Å². The van der Waals surface area contributed by atoms with Crippen molar-refractivity contribution in [3.8, 4) is 5.75 Å². The van der Waals surface area contributed by atoms with Gasteiger partial charge in [-0.1, -0.05) is 54.1 Å². The van der Waals surface area contributed by atoms with Crippen LogP contribution in [0.5, 0.6) is 5.75 Å². The zero-order chi connectivity index (χ0) is 22.9. The third-order valence-corrected chi connectivity index (χ3v) is 8.81. The average molecular weight is 455 g/mol. The highest BCUT2D eigenvalue weighted by Crippen LogP contribution is 2.55. The molecule has 31 heavy (non-hydrogen) atoms. The Hall–Kier alpha value is -2.68. The van der Waals surface area contributed by atoms with Gasteiger partial charge in [0, 0.05) is 11.1 Å². The first kappa shape index (κ1) is 23.0. The van der Waals surface area contributed by atoms with Gasteiger partial charge in [0.25, 0.3) is 7.14 Å². The summed E-state index contributed by atoms with van der Waals surface area (Å²) in [6.07, 6.45) is 0. The van der Waals surface area contributed by atoms with E-state index in [2.05, 4.69) is 0 Å². The summed E-state index contributed by atoms with van der Waals surface area (Å²) in [6.45, 7) is 7.45. The molecule has 3 aromatic carbocycles. The lowest BCUT2D eigenvalue weighted by Crippen LogP contribution is -2.24. The van der Waals surface area contributed by atoms with Crippen molar-refractivity contribution in [1.29, 1.82) is 0 Å². The molecule has 0 saturated carbocycles. The molecular weight excluding hydrogens is 431 g/mol. The molecule has 1 unspecified atom stereocenters. The van der Waals surface area contributed by atoms with Gasteiger partial charge >= 0.3 is 0 Å². The Morgan fingerprint density at radius 1 is 0.839 bits per heavy atom. The van der Waals surface area contributed by atoms with Crippen molar-refractivity contribution >= 4 is 35.1 Å². The van der Waals surface area contributed by atoms with E-state index in [0.717, 1.165) is 11.1 Å². The summed E-state index contributed by atoms with van der Waals surface area (Å²) in [5.74, 6) is 0.146. The summed E-state index contributed by atoms with van der Waals surface area (Å²) < 4.78 is 20.0. The zero-order valence-electron chi connectivity index (χ0n) is 18.2. The first-order valence-corrected chi connectivity index (χ1v) is 11.9. The van der Waals surface area contributed by atoms with Crippen LogP contribution in [0.2, 0.25) is 5.02 Å². The molecule has 4 nitrogen and oxygen atoms in total. The van der Waals surface area contributed by atoms with Crippen molar-refractivity contribution < 1.29 is 18.9 Å². The molecule has 160 valence electrons. The topological polar surface area (TPSA) is 60.4 Å². The molecule has 0 heterocycles. The fraction of sp³-hybridized carbons (Fsp3) is 0.200. The second-order valence-corrected chi connectivity index (χ2v) is 10.4. The molecular formula is C25H24ClO4P. The predicted octanol–water partition coefficient (Wildman–Crippen LogP) is 6.25. The molecule has 0 aliphatic rings. The Morgan fingerprint density at radius 3 is 2.10 bits per heavy atom. The Labute approximate surface area is 187 Å². The molecule has 0 spiro atoms. The maximum Gasteiger partial charge on any atom is 0.253 e. The molecule has 0 fully saturated rings. The van der Waals surface area contributed by atoms with Crippen LogP contribution in [0.1, 0.15) is 43.0 Å². The molecule has 0 saturated heterocycles. The summed E-state index contributed by atoms with van der Waals surface area (Å²) >= 11 is 6.44. The van der Waals surface area contributed by atoms with Crippen LogP contribution in [0.4, 0.5) is 0 Å².